The first-order valence-corrected chi connectivity index (χ1v) is 5.19. The molecule has 1 heterocycles. The Morgan fingerprint density at radius 3 is 2.92 bits per heavy atom. The molecule has 0 aliphatic carbocycles. The summed E-state index contributed by atoms with van der Waals surface area (Å²) in [4.78, 5) is 0. The summed E-state index contributed by atoms with van der Waals surface area (Å²) in [5, 5.41) is 0. The van der Waals surface area contributed by atoms with Crippen molar-refractivity contribution in [2.75, 3.05) is 6.61 Å². The average molecular weight is 183 g/mol. The Kier molecular flexibility index (Phi) is 3.94. The molecule has 2 atom stereocenters. The Morgan fingerprint density at radius 2 is 2.38 bits per heavy atom. The lowest BCUT2D eigenvalue weighted by molar-refractivity contribution is -0.0821. The largest absolute Gasteiger partial charge is 0.374 e. The monoisotopic (exact) mass is 183 g/mol. The standard InChI is InChI=1S/C11H21NO/c1-3-4-7-10(12)11(2)8-5-6-9-13-11/h3,10H,1,4-9,12H2,2H3. The summed E-state index contributed by atoms with van der Waals surface area (Å²) in [5.74, 6) is 0. The van der Waals surface area contributed by atoms with Crippen molar-refractivity contribution in [3.8, 4) is 0 Å². The van der Waals surface area contributed by atoms with Gasteiger partial charge >= 0.3 is 0 Å². The lowest BCUT2D eigenvalue weighted by Crippen LogP contribution is -2.49. The molecule has 1 aliphatic rings. The van der Waals surface area contributed by atoms with Gasteiger partial charge in [0.25, 0.3) is 0 Å². The van der Waals surface area contributed by atoms with Crippen LogP contribution in [-0.2, 0) is 4.74 Å². The summed E-state index contributed by atoms with van der Waals surface area (Å²) in [6.45, 7) is 6.72. The summed E-state index contributed by atoms with van der Waals surface area (Å²) in [6.07, 6.45) is 7.43. The van der Waals surface area contributed by atoms with Gasteiger partial charge in [0, 0.05) is 12.6 Å². The molecule has 1 saturated heterocycles. The van der Waals surface area contributed by atoms with Crippen LogP contribution in [0.15, 0.2) is 12.7 Å². The molecular formula is C11H21NO. The third-order valence-electron chi connectivity index (χ3n) is 2.97. The van der Waals surface area contributed by atoms with Gasteiger partial charge < -0.3 is 10.5 Å². The van der Waals surface area contributed by atoms with Crippen LogP contribution < -0.4 is 5.73 Å². The summed E-state index contributed by atoms with van der Waals surface area (Å²) >= 11 is 0. The van der Waals surface area contributed by atoms with Crippen molar-refractivity contribution in [2.24, 2.45) is 5.73 Å². The molecule has 0 aromatic carbocycles. The quantitative estimate of drug-likeness (QED) is 0.678. The minimum absolute atomic E-state index is 0.0821. The number of nitrogens with two attached hydrogens (primary N) is 1. The fourth-order valence-electron chi connectivity index (χ4n) is 1.85. The Hall–Kier alpha value is -0.340. The predicted octanol–water partition coefficient (Wildman–Crippen LogP) is 2.24. The number of rotatable bonds is 4. The first-order chi connectivity index (χ1) is 6.19. The van der Waals surface area contributed by atoms with E-state index < -0.39 is 0 Å². The minimum Gasteiger partial charge on any atom is -0.374 e. The van der Waals surface area contributed by atoms with Crippen molar-refractivity contribution < 1.29 is 4.74 Å². The molecule has 2 nitrogen and oxygen atoms in total. The molecular weight excluding hydrogens is 162 g/mol. The molecule has 0 aromatic heterocycles. The molecule has 13 heavy (non-hydrogen) atoms. The Balaban J connectivity index is 2.41. The van der Waals surface area contributed by atoms with Crippen LogP contribution in [0.1, 0.15) is 39.0 Å². The number of hydrogen-bond donors (Lipinski definition) is 1. The highest BCUT2D eigenvalue weighted by atomic mass is 16.5. The van der Waals surface area contributed by atoms with Gasteiger partial charge in [-0.05, 0) is 39.0 Å². The van der Waals surface area contributed by atoms with Crippen molar-refractivity contribution in [3.63, 3.8) is 0 Å². The SMILES string of the molecule is C=CCCC(N)C1(C)CCCCO1. The first-order valence-electron chi connectivity index (χ1n) is 5.19. The van der Waals surface area contributed by atoms with E-state index in [0.29, 0.717) is 0 Å². The topological polar surface area (TPSA) is 35.2 Å². The second-order valence-corrected chi connectivity index (χ2v) is 4.09. The van der Waals surface area contributed by atoms with Gasteiger partial charge in [-0.2, -0.15) is 0 Å². The molecule has 2 unspecified atom stereocenters. The minimum atomic E-state index is -0.0821. The van der Waals surface area contributed by atoms with Gasteiger partial charge in [-0.1, -0.05) is 6.08 Å². The Bertz CT molecular complexity index is 161. The van der Waals surface area contributed by atoms with Crippen LogP contribution in [0.3, 0.4) is 0 Å². The highest BCUT2D eigenvalue weighted by Gasteiger charge is 2.33. The van der Waals surface area contributed by atoms with Crippen molar-refractivity contribution in [3.05, 3.63) is 12.7 Å². The van der Waals surface area contributed by atoms with Crippen LogP contribution in [0.5, 0.6) is 0 Å². The first kappa shape index (κ1) is 10.7. The summed E-state index contributed by atoms with van der Waals surface area (Å²) in [5.41, 5.74) is 6.01. The zero-order valence-electron chi connectivity index (χ0n) is 8.59. The maximum atomic E-state index is 6.10. The van der Waals surface area contributed by atoms with E-state index in [1.54, 1.807) is 0 Å². The van der Waals surface area contributed by atoms with Crippen LogP contribution in [0.4, 0.5) is 0 Å². The fourth-order valence-corrected chi connectivity index (χ4v) is 1.85. The molecule has 0 radical (unpaired) electrons. The van der Waals surface area contributed by atoms with Crippen LogP contribution in [0.25, 0.3) is 0 Å². The van der Waals surface area contributed by atoms with E-state index in [2.05, 4.69) is 13.5 Å². The fraction of sp³-hybridized carbons (Fsp3) is 0.818. The molecule has 0 bridgehead atoms. The summed E-state index contributed by atoms with van der Waals surface area (Å²) in [6, 6.07) is 0.158. The summed E-state index contributed by atoms with van der Waals surface area (Å²) < 4.78 is 5.76. The van der Waals surface area contributed by atoms with E-state index in [9.17, 15) is 0 Å². The van der Waals surface area contributed by atoms with Crippen LogP contribution in [-0.4, -0.2) is 18.2 Å². The smallest absolute Gasteiger partial charge is 0.0804 e. The van der Waals surface area contributed by atoms with E-state index in [-0.39, 0.29) is 11.6 Å². The third kappa shape index (κ3) is 2.82. The maximum Gasteiger partial charge on any atom is 0.0804 e. The van der Waals surface area contributed by atoms with E-state index >= 15 is 0 Å². The van der Waals surface area contributed by atoms with Crippen molar-refractivity contribution >= 4 is 0 Å². The van der Waals surface area contributed by atoms with Gasteiger partial charge in [-0.25, -0.2) is 0 Å². The summed E-state index contributed by atoms with van der Waals surface area (Å²) in [7, 11) is 0. The van der Waals surface area contributed by atoms with E-state index in [0.717, 1.165) is 25.9 Å². The molecule has 1 rings (SSSR count). The van der Waals surface area contributed by atoms with Crippen LogP contribution in [0.2, 0.25) is 0 Å². The lowest BCUT2D eigenvalue weighted by Gasteiger charge is -2.38. The number of allylic oxidation sites excluding steroid dienone is 1. The zero-order chi connectivity index (χ0) is 9.73. The normalized spacial score (nSPS) is 31.2. The molecule has 76 valence electrons. The van der Waals surface area contributed by atoms with E-state index in [1.807, 2.05) is 6.08 Å². The number of ether oxygens (including phenoxy) is 1. The van der Waals surface area contributed by atoms with Crippen molar-refractivity contribution in [1.82, 2.24) is 0 Å². The van der Waals surface area contributed by atoms with E-state index in [4.69, 9.17) is 10.5 Å². The van der Waals surface area contributed by atoms with Gasteiger partial charge in [0.05, 0.1) is 5.60 Å². The van der Waals surface area contributed by atoms with Crippen LogP contribution >= 0.6 is 0 Å². The second kappa shape index (κ2) is 4.77. The lowest BCUT2D eigenvalue weighted by atomic mass is 9.86. The predicted molar refractivity (Wildman–Crippen MR) is 55.6 cm³/mol. The molecule has 0 spiro atoms. The molecule has 0 saturated carbocycles. The molecule has 0 aromatic rings. The molecule has 2 heteroatoms. The van der Waals surface area contributed by atoms with E-state index in [1.165, 1.54) is 12.8 Å². The van der Waals surface area contributed by atoms with Gasteiger partial charge in [0.15, 0.2) is 0 Å². The van der Waals surface area contributed by atoms with Crippen LogP contribution in [0, 0.1) is 0 Å². The third-order valence-corrected chi connectivity index (χ3v) is 2.97. The maximum absolute atomic E-state index is 6.10. The zero-order valence-corrected chi connectivity index (χ0v) is 8.59. The number of hydrogen-bond acceptors (Lipinski definition) is 2. The highest BCUT2D eigenvalue weighted by molar-refractivity contribution is 4.90. The van der Waals surface area contributed by atoms with Crippen molar-refractivity contribution in [1.29, 1.82) is 0 Å². The van der Waals surface area contributed by atoms with Gasteiger partial charge in [0.1, 0.15) is 0 Å². The van der Waals surface area contributed by atoms with Crippen molar-refractivity contribution in [2.45, 2.75) is 50.7 Å². The highest BCUT2D eigenvalue weighted by Crippen LogP contribution is 2.28. The molecule has 1 fully saturated rings. The van der Waals surface area contributed by atoms with Gasteiger partial charge in [-0.15, -0.1) is 6.58 Å². The van der Waals surface area contributed by atoms with Gasteiger partial charge in [-0.3, -0.25) is 0 Å². The molecule has 0 amide bonds. The average Bonchev–Trinajstić information content (AvgIpc) is 2.15. The second-order valence-electron chi connectivity index (χ2n) is 4.09. The Morgan fingerprint density at radius 1 is 1.62 bits per heavy atom. The molecule has 1 aliphatic heterocycles. The molecule has 2 N–H and O–H groups in total. The Labute approximate surface area is 81.1 Å². The van der Waals surface area contributed by atoms with Gasteiger partial charge in [0.2, 0.25) is 0 Å².